The molecule has 1 aromatic rings. The topological polar surface area (TPSA) is 80.0 Å². The van der Waals surface area contributed by atoms with Gasteiger partial charge in [-0.3, -0.25) is 4.68 Å². The van der Waals surface area contributed by atoms with E-state index in [9.17, 15) is 4.79 Å². The standard InChI is InChI=1S/C8H10N4O2/c1-2-3-9-4-5-12-6-7(8(13)14)10-11-12/h1,6,9H,3-5H2,(H,13,14). The molecule has 0 aliphatic carbocycles. The van der Waals surface area contributed by atoms with Crippen LogP contribution in [0.5, 0.6) is 0 Å². The maximum Gasteiger partial charge on any atom is 0.358 e. The molecule has 0 amide bonds. The van der Waals surface area contributed by atoms with E-state index in [-0.39, 0.29) is 5.69 Å². The third-order valence-corrected chi connectivity index (χ3v) is 1.50. The number of carbonyl (C=O) groups is 1. The van der Waals surface area contributed by atoms with Crippen molar-refractivity contribution in [2.24, 2.45) is 0 Å². The molecule has 6 nitrogen and oxygen atoms in total. The number of hydrogen-bond donors (Lipinski definition) is 2. The van der Waals surface area contributed by atoms with Gasteiger partial charge >= 0.3 is 5.97 Å². The molecule has 74 valence electrons. The molecule has 0 saturated heterocycles. The molecular weight excluding hydrogens is 184 g/mol. The molecule has 1 aromatic heterocycles. The summed E-state index contributed by atoms with van der Waals surface area (Å²) in [5.41, 5.74) is -0.0538. The van der Waals surface area contributed by atoms with Gasteiger partial charge in [0.2, 0.25) is 0 Å². The monoisotopic (exact) mass is 194 g/mol. The fourth-order valence-electron chi connectivity index (χ4n) is 0.860. The Morgan fingerprint density at radius 1 is 1.79 bits per heavy atom. The molecule has 0 bridgehead atoms. The van der Waals surface area contributed by atoms with Gasteiger partial charge in [-0.1, -0.05) is 11.1 Å². The smallest absolute Gasteiger partial charge is 0.358 e. The highest BCUT2D eigenvalue weighted by Crippen LogP contribution is 1.91. The lowest BCUT2D eigenvalue weighted by Gasteiger charge is -1.99. The van der Waals surface area contributed by atoms with E-state index in [0.29, 0.717) is 19.6 Å². The summed E-state index contributed by atoms with van der Waals surface area (Å²) < 4.78 is 1.45. The number of nitrogens with one attached hydrogen (secondary N) is 1. The van der Waals surface area contributed by atoms with Crippen LogP contribution in [-0.4, -0.2) is 39.2 Å². The van der Waals surface area contributed by atoms with Crippen molar-refractivity contribution < 1.29 is 9.90 Å². The number of rotatable bonds is 5. The third-order valence-electron chi connectivity index (χ3n) is 1.50. The Balaban J connectivity index is 2.37. The zero-order chi connectivity index (χ0) is 10.4. The van der Waals surface area contributed by atoms with Gasteiger partial charge in [0.1, 0.15) is 0 Å². The van der Waals surface area contributed by atoms with Crippen LogP contribution >= 0.6 is 0 Å². The predicted molar refractivity (Wildman–Crippen MR) is 48.7 cm³/mol. The van der Waals surface area contributed by atoms with Crippen molar-refractivity contribution >= 4 is 5.97 Å². The van der Waals surface area contributed by atoms with E-state index < -0.39 is 5.97 Å². The van der Waals surface area contributed by atoms with Crippen LogP contribution in [0.1, 0.15) is 10.5 Å². The predicted octanol–water partition coefficient (Wildman–Crippen LogP) is -0.801. The van der Waals surface area contributed by atoms with Crippen molar-refractivity contribution in [3.8, 4) is 12.3 Å². The molecule has 0 unspecified atom stereocenters. The maximum absolute atomic E-state index is 10.4. The summed E-state index contributed by atoms with van der Waals surface area (Å²) in [6.07, 6.45) is 6.40. The number of nitrogens with zero attached hydrogens (tertiary/aromatic N) is 3. The van der Waals surface area contributed by atoms with Crippen LogP contribution in [0.15, 0.2) is 6.20 Å². The van der Waals surface area contributed by atoms with Gasteiger partial charge in [0.15, 0.2) is 5.69 Å². The quantitative estimate of drug-likeness (QED) is 0.474. The Kier molecular flexibility index (Phi) is 3.64. The van der Waals surface area contributed by atoms with Gasteiger partial charge in [-0.2, -0.15) is 0 Å². The maximum atomic E-state index is 10.4. The van der Waals surface area contributed by atoms with Crippen molar-refractivity contribution in [1.29, 1.82) is 0 Å². The first-order valence-electron chi connectivity index (χ1n) is 4.01. The van der Waals surface area contributed by atoms with Gasteiger partial charge < -0.3 is 10.4 Å². The number of terminal acetylenes is 1. The van der Waals surface area contributed by atoms with Gasteiger partial charge in [0.25, 0.3) is 0 Å². The van der Waals surface area contributed by atoms with Crippen molar-refractivity contribution in [2.75, 3.05) is 13.1 Å². The molecule has 0 radical (unpaired) electrons. The van der Waals surface area contributed by atoms with Gasteiger partial charge in [0.05, 0.1) is 19.3 Å². The van der Waals surface area contributed by atoms with Crippen LogP contribution in [0.3, 0.4) is 0 Å². The van der Waals surface area contributed by atoms with E-state index in [1.165, 1.54) is 10.9 Å². The lowest BCUT2D eigenvalue weighted by molar-refractivity contribution is 0.0690. The summed E-state index contributed by atoms with van der Waals surface area (Å²) in [6, 6.07) is 0. The Morgan fingerprint density at radius 3 is 3.14 bits per heavy atom. The van der Waals surface area contributed by atoms with E-state index in [2.05, 4.69) is 21.5 Å². The second-order valence-electron chi connectivity index (χ2n) is 2.55. The van der Waals surface area contributed by atoms with Gasteiger partial charge in [-0.05, 0) is 0 Å². The largest absolute Gasteiger partial charge is 0.476 e. The second kappa shape index (κ2) is 4.99. The average molecular weight is 194 g/mol. The highest BCUT2D eigenvalue weighted by atomic mass is 16.4. The van der Waals surface area contributed by atoms with Crippen molar-refractivity contribution in [2.45, 2.75) is 6.54 Å². The third kappa shape index (κ3) is 2.88. The molecule has 0 fully saturated rings. The van der Waals surface area contributed by atoms with Crippen LogP contribution in [0.25, 0.3) is 0 Å². The Morgan fingerprint density at radius 2 is 2.57 bits per heavy atom. The average Bonchev–Trinajstić information content (AvgIpc) is 2.61. The fraction of sp³-hybridized carbons (Fsp3) is 0.375. The van der Waals surface area contributed by atoms with Crippen molar-refractivity contribution in [3.05, 3.63) is 11.9 Å². The van der Waals surface area contributed by atoms with E-state index >= 15 is 0 Å². The SMILES string of the molecule is C#CCNCCn1cc(C(=O)O)nn1. The molecule has 0 aliphatic heterocycles. The molecule has 6 heteroatoms. The summed E-state index contributed by atoms with van der Waals surface area (Å²) in [5, 5.41) is 18.6. The second-order valence-corrected chi connectivity index (χ2v) is 2.55. The number of carboxylic acids is 1. The molecular formula is C8H10N4O2. The summed E-state index contributed by atoms with van der Waals surface area (Å²) >= 11 is 0. The van der Waals surface area contributed by atoms with E-state index in [1.807, 2.05) is 0 Å². The molecule has 1 heterocycles. The van der Waals surface area contributed by atoms with Crippen LogP contribution < -0.4 is 5.32 Å². The molecule has 0 aliphatic rings. The number of aromatic carboxylic acids is 1. The van der Waals surface area contributed by atoms with Gasteiger partial charge in [0, 0.05) is 6.54 Å². The van der Waals surface area contributed by atoms with Gasteiger partial charge in [-0.25, -0.2) is 4.79 Å². The number of carboxylic acid groups (broad SMARTS) is 1. The number of hydrogen-bond acceptors (Lipinski definition) is 4. The first-order chi connectivity index (χ1) is 6.74. The highest BCUT2D eigenvalue weighted by Gasteiger charge is 2.07. The minimum absolute atomic E-state index is 0.0538. The molecule has 1 rings (SSSR count). The van der Waals surface area contributed by atoms with Gasteiger partial charge in [-0.15, -0.1) is 11.5 Å². The molecule has 0 spiro atoms. The minimum atomic E-state index is -1.08. The molecule has 0 atom stereocenters. The molecule has 14 heavy (non-hydrogen) atoms. The lowest BCUT2D eigenvalue weighted by Crippen LogP contribution is -2.20. The van der Waals surface area contributed by atoms with E-state index in [1.54, 1.807) is 0 Å². The molecule has 0 saturated carbocycles. The first-order valence-corrected chi connectivity index (χ1v) is 4.01. The van der Waals surface area contributed by atoms with E-state index in [0.717, 1.165) is 0 Å². The summed E-state index contributed by atoms with van der Waals surface area (Å²) in [6.45, 7) is 1.66. The molecule has 0 aromatic carbocycles. The zero-order valence-electron chi connectivity index (χ0n) is 7.47. The minimum Gasteiger partial charge on any atom is -0.476 e. The van der Waals surface area contributed by atoms with Crippen LogP contribution in [-0.2, 0) is 6.54 Å². The highest BCUT2D eigenvalue weighted by molar-refractivity contribution is 5.84. The number of aromatic nitrogens is 3. The summed E-state index contributed by atoms with van der Waals surface area (Å²) in [4.78, 5) is 10.4. The van der Waals surface area contributed by atoms with Crippen molar-refractivity contribution in [3.63, 3.8) is 0 Å². The fourth-order valence-corrected chi connectivity index (χ4v) is 0.860. The summed E-state index contributed by atoms with van der Waals surface area (Å²) in [7, 11) is 0. The van der Waals surface area contributed by atoms with Crippen molar-refractivity contribution in [1.82, 2.24) is 20.3 Å². The first kappa shape index (κ1) is 10.2. The zero-order valence-corrected chi connectivity index (χ0v) is 7.47. The van der Waals surface area contributed by atoms with Crippen LogP contribution in [0.4, 0.5) is 0 Å². The normalized spacial score (nSPS) is 9.64. The molecule has 2 N–H and O–H groups in total. The van der Waals surface area contributed by atoms with Crippen LogP contribution in [0.2, 0.25) is 0 Å². The summed E-state index contributed by atoms with van der Waals surface area (Å²) in [5.74, 6) is 1.35. The Bertz CT molecular complexity index is 352. The Hall–Kier alpha value is -1.87. The van der Waals surface area contributed by atoms with E-state index in [4.69, 9.17) is 11.5 Å². The Labute approximate surface area is 80.9 Å². The van der Waals surface area contributed by atoms with Crippen LogP contribution in [0, 0.1) is 12.3 Å². The lowest BCUT2D eigenvalue weighted by atomic mass is 10.5.